The van der Waals surface area contributed by atoms with Crippen LogP contribution in [0.1, 0.15) is 44.6 Å². The van der Waals surface area contributed by atoms with Crippen LogP contribution < -0.4 is 10.6 Å². The molecule has 1 heterocycles. The molecular weight excluding hydrogens is 453 g/mol. The molecule has 0 aliphatic carbocycles. The first-order valence-electron chi connectivity index (χ1n) is 10.1. The number of aliphatic imine (C=N–C) groups is 1. The van der Waals surface area contributed by atoms with E-state index in [-0.39, 0.29) is 24.0 Å². The van der Waals surface area contributed by atoms with Crippen LogP contribution in [0.5, 0.6) is 0 Å². The van der Waals surface area contributed by atoms with E-state index in [2.05, 4.69) is 52.9 Å². The van der Waals surface area contributed by atoms with Crippen molar-refractivity contribution >= 4 is 29.9 Å². The van der Waals surface area contributed by atoms with E-state index < -0.39 is 0 Å². The zero-order chi connectivity index (χ0) is 18.3. The highest BCUT2D eigenvalue weighted by atomic mass is 127. The first-order valence-corrected chi connectivity index (χ1v) is 10.1. The zero-order valence-corrected chi connectivity index (χ0v) is 19.0. The molecule has 0 radical (unpaired) electrons. The van der Waals surface area contributed by atoms with Crippen molar-refractivity contribution in [3.63, 3.8) is 0 Å². The highest BCUT2D eigenvalue weighted by Crippen LogP contribution is 2.08. The second-order valence-electron chi connectivity index (χ2n) is 6.69. The molecule has 1 aliphatic heterocycles. The molecule has 0 saturated carbocycles. The normalized spacial score (nSPS) is 16.8. The molecule has 0 bridgehead atoms. The van der Waals surface area contributed by atoms with Crippen LogP contribution in [-0.2, 0) is 15.9 Å². The summed E-state index contributed by atoms with van der Waals surface area (Å²) >= 11 is 0. The van der Waals surface area contributed by atoms with Crippen LogP contribution in [0.4, 0.5) is 0 Å². The van der Waals surface area contributed by atoms with Gasteiger partial charge in [0.1, 0.15) is 0 Å². The van der Waals surface area contributed by atoms with Crippen LogP contribution in [0.2, 0.25) is 0 Å². The van der Waals surface area contributed by atoms with Crippen molar-refractivity contribution in [3.8, 4) is 0 Å². The smallest absolute Gasteiger partial charge is 0.191 e. The second-order valence-corrected chi connectivity index (χ2v) is 6.69. The minimum absolute atomic E-state index is 0. The van der Waals surface area contributed by atoms with Gasteiger partial charge >= 0.3 is 0 Å². The second kappa shape index (κ2) is 16.1. The SMILES string of the molecule is CCNC(=NCCCOC1CCOC1)NCCCCCc1ccccc1.I. The van der Waals surface area contributed by atoms with Crippen LogP contribution in [0.3, 0.4) is 0 Å². The van der Waals surface area contributed by atoms with Gasteiger partial charge in [-0.05, 0) is 44.6 Å². The lowest BCUT2D eigenvalue weighted by molar-refractivity contribution is 0.0424. The zero-order valence-electron chi connectivity index (χ0n) is 16.6. The molecule has 5 nitrogen and oxygen atoms in total. The lowest BCUT2D eigenvalue weighted by atomic mass is 10.1. The maximum absolute atomic E-state index is 5.77. The highest BCUT2D eigenvalue weighted by Gasteiger charge is 2.15. The summed E-state index contributed by atoms with van der Waals surface area (Å²) in [7, 11) is 0. The van der Waals surface area contributed by atoms with Gasteiger partial charge in [-0.1, -0.05) is 36.8 Å². The number of aryl methyl sites for hydroxylation is 1. The van der Waals surface area contributed by atoms with Gasteiger partial charge in [-0.15, -0.1) is 24.0 Å². The van der Waals surface area contributed by atoms with E-state index in [9.17, 15) is 0 Å². The number of hydrogen-bond donors (Lipinski definition) is 2. The molecule has 1 saturated heterocycles. The van der Waals surface area contributed by atoms with E-state index in [1.165, 1.54) is 31.2 Å². The molecule has 1 aromatic rings. The molecular formula is C21H36IN3O2. The number of guanidine groups is 1. The monoisotopic (exact) mass is 489 g/mol. The predicted molar refractivity (Wildman–Crippen MR) is 123 cm³/mol. The summed E-state index contributed by atoms with van der Waals surface area (Å²) in [5.74, 6) is 0.916. The maximum Gasteiger partial charge on any atom is 0.191 e. The minimum Gasteiger partial charge on any atom is -0.379 e. The third kappa shape index (κ3) is 11.5. The third-order valence-electron chi connectivity index (χ3n) is 4.44. The number of ether oxygens (including phenoxy) is 2. The summed E-state index contributed by atoms with van der Waals surface area (Å²) in [5, 5.41) is 6.74. The Morgan fingerprint density at radius 1 is 1.15 bits per heavy atom. The van der Waals surface area contributed by atoms with Gasteiger partial charge in [0, 0.05) is 32.8 Å². The Morgan fingerprint density at radius 3 is 2.74 bits per heavy atom. The molecule has 27 heavy (non-hydrogen) atoms. The van der Waals surface area contributed by atoms with E-state index >= 15 is 0 Å². The Balaban J connectivity index is 0.00000364. The standard InChI is InChI=1S/C21H35N3O2.HI/c1-2-22-21(24-15-9-16-26-20-13-17-25-18-20)23-14-8-4-7-12-19-10-5-3-6-11-19;/h3,5-6,10-11,20H,2,4,7-9,12-18H2,1H3,(H2,22,23,24);1H. The van der Waals surface area contributed by atoms with Crippen molar-refractivity contribution in [2.24, 2.45) is 4.99 Å². The van der Waals surface area contributed by atoms with Gasteiger partial charge in [0.25, 0.3) is 0 Å². The van der Waals surface area contributed by atoms with Crippen molar-refractivity contribution in [1.29, 1.82) is 0 Å². The number of unbranched alkanes of at least 4 members (excludes halogenated alkanes) is 2. The summed E-state index contributed by atoms with van der Waals surface area (Å²) in [6.07, 6.45) is 7.08. The van der Waals surface area contributed by atoms with E-state index in [0.29, 0.717) is 6.10 Å². The van der Waals surface area contributed by atoms with Crippen LogP contribution in [0.25, 0.3) is 0 Å². The quantitative estimate of drug-likeness (QED) is 0.203. The van der Waals surface area contributed by atoms with Crippen molar-refractivity contribution in [2.75, 3.05) is 39.5 Å². The van der Waals surface area contributed by atoms with Gasteiger partial charge < -0.3 is 20.1 Å². The summed E-state index contributed by atoms with van der Waals surface area (Å²) in [6, 6.07) is 10.7. The lowest BCUT2D eigenvalue weighted by Gasteiger charge is -2.12. The Kier molecular flexibility index (Phi) is 14.4. The van der Waals surface area contributed by atoms with Crippen molar-refractivity contribution in [2.45, 2.75) is 51.6 Å². The number of halogens is 1. The average molecular weight is 489 g/mol. The predicted octanol–water partition coefficient (Wildman–Crippen LogP) is 3.77. The molecule has 1 unspecified atom stereocenters. The molecule has 1 fully saturated rings. The Labute approximate surface area is 181 Å². The molecule has 0 amide bonds. The first kappa shape index (κ1) is 24.2. The third-order valence-corrected chi connectivity index (χ3v) is 4.44. The van der Waals surface area contributed by atoms with Gasteiger partial charge in [0.2, 0.25) is 0 Å². The molecule has 1 aliphatic rings. The average Bonchev–Trinajstić information content (AvgIpc) is 3.18. The van der Waals surface area contributed by atoms with Gasteiger partial charge in [-0.25, -0.2) is 0 Å². The van der Waals surface area contributed by atoms with Crippen molar-refractivity contribution in [1.82, 2.24) is 10.6 Å². The van der Waals surface area contributed by atoms with Gasteiger partial charge in [0.15, 0.2) is 5.96 Å². The summed E-state index contributed by atoms with van der Waals surface area (Å²) in [6.45, 7) is 7.08. The van der Waals surface area contributed by atoms with Gasteiger partial charge in [-0.3, -0.25) is 4.99 Å². The maximum atomic E-state index is 5.77. The summed E-state index contributed by atoms with van der Waals surface area (Å²) in [5.41, 5.74) is 1.43. The lowest BCUT2D eigenvalue weighted by Crippen LogP contribution is -2.37. The molecule has 1 atom stereocenters. The molecule has 2 rings (SSSR count). The van der Waals surface area contributed by atoms with E-state index in [1.54, 1.807) is 0 Å². The Morgan fingerprint density at radius 2 is 2.00 bits per heavy atom. The molecule has 6 heteroatoms. The number of nitrogens with zero attached hydrogens (tertiary/aromatic N) is 1. The van der Waals surface area contributed by atoms with E-state index in [0.717, 1.165) is 58.3 Å². The molecule has 1 aromatic carbocycles. The molecule has 154 valence electrons. The van der Waals surface area contributed by atoms with Crippen LogP contribution in [0.15, 0.2) is 35.3 Å². The van der Waals surface area contributed by atoms with Gasteiger partial charge in [-0.2, -0.15) is 0 Å². The van der Waals surface area contributed by atoms with Crippen molar-refractivity contribution in [3.05, 3.63) is 35.9 Å². The first-order chi connectivity index (χ1) is 12.9. The fraction of sp³-hybridized carbons (Fsp3) is 0.667. The van der Waals surface area contributed by atoms with E-state index in [4.69, 9.17) is 9.47 Å². The minimum atomic E-state index is 0. The van der Waals surface area contributed by atoms with Crippen molar-refractivity contribution < 1.29 is 9.47 Å². The Bertz CT molecular complexity index is 493. The number of hydrogen-bond acceptors (Lipinski definition) is 3. The van der Waals surface area contributed by atoms with Crippen LogP contribution in [-0.4, -0.2) is 51.5 Å². The summed E-state index contributed by atoms with van der Waals surface area (Å²) in [4.78, 5) is 4.63. The van der Waals surface area contributed by atoms with Gasteiger partial charge in [0.05, 0.1) is 12.7 Å². The Hall–Kier alpha value is -0.860. The topological polar surface area (TPSA) is 54.9 Å². The largest absolute Gasteiger partial charge is 0.379 e. The molecule has 2 N–H and O–H groups in total. The number of rotatable bonds is 12. The van der Waals surface area contributed by atoms with E-state index in [1.807, 2.05) is 0 Å². The number of benzene rings is 1. The number of nitrogens with one attached hydrogen (secondary N) is 2. The van der Waals surface area contributed by atoms with Crippen LogP contribution in [0, 0.1) is 0 Å². The molecule has 0 spiro atoms. The molecule has 0 aromatic heterocycles. The fourth-order valence-corrected chi connectivity index (χ4v) is 2.97. The summed E-state index contributed by atoms with van der Waals surface area (Å²) < 4.78 is 11.1. The van der Waals surface area contributed by atoms with Crippen LogP contribution >= 0.6 is 24.0 Å². The fourth-order valence-electron chi connectivity index (χ4n) is 2.97. The highest BCUT2D eigenvalue weighted by molar-refractivity contribution is 14.0.